The molecular formula is C10H18N4O. The number of nitrogens with two attached hydrogens (primary N) is 1. The first-order chi connectivity index (χ1) is 6.92. The number of hydrogen-bond donors (Lipinski definition) is 3. The van der Waals surface area contributed by atoms with Crippen LogP contribution in [0.5, 0.6) is 0 Å². The first kappa shape index (κ1) is 11.7. The maximum Gasteiger partial charge on any atom is 0.141 e. The van der Waals surface area contributed by atoms with Crippen molar-refractivity contribution in [3.8, 4) is 0 Å². The molecule has 0 spiro atoms. The molecule has 0 fully saturated rings. The fourth-order valence-corrected chi connectivity index (χ4v) is 1.41. The summed E-state index contributed by atoms with van der Waals surface area (Å²) in [5, 5.41) is 9.68. The first-order valence-electron chi connectivity index (χ1n) is 4.78. The highest BCUT2D eigenvalue weighted by Gasteiger charge is 2.16. The van der Waals surface area contributed by atoms with Gasteiger partial charge in [-0.15, -0.1) is 0 Å². The Balaban J connectivity index is 2.77. The number of hydrogen-bond acceptors (Lipinski definition) is 5. The zero-order valence-corrected chi connectivity index (χ0v) is 9.36. The van der Waals surface area contributed by atoms with E-state index < -0.39 is 5.60 Å². The quantitative estimate of drug-likeness (QED) is 0.500. The lowest BCUT2D eigenvalue weighted by Gasteiger charge is -2.27. The smallest absolute Gasteiger partial charge is 0.141 e. The molecule has 1 aromatic rings. The van der Waals surface area contributed by atoms with E-state index in [-0.39, 0.29) is 0 Å². The largest absolute Gasteiger partial charge is 0.389 e. The predicted molar refractivity (Wildman–Crippen MR) is 61.6 cm³/mol. The summed E-state index contributed by atoms with van der Waals surface area (Å²) in [5.74, 6) is 5.87. The van der Waals surface area contributed by atoms with Gasteiger partial charge in [-0.2, -0.15) is 0 Å². The van der Waals surface area contributed by atoms with Crippen LogP contribution < -0.4 is 16.2 Å². The van der Waals surface area contributed by atoms with Gasteiger partial charge in [0.05, 0.1) is 5.60 Å². The van der Waals surface area contributed by atoms with Crippen molar-refractivity contribution in [2.24, 2.45) is 5.84 Å². The molecule has 1 heterocycles. The van der Waals surface area contributed by atoms with Crippen molar-refractivity contribution < 1.29 is 5.11 Å². The van der Waals surface area contributed by atoms with Gasteiger partial charge in [-0.3, -0.25) is 0 Å². The Morgan fingerprint density at radius 3 is 2.80 bits per heavy atom. The molecule has 4 N–H and O–H groups in total. The zero-order chi connectivity index (χ0) is 11.5. The second kappa shape index (κ2) is 4.46. The fourth-order valence-electron chi connectivity index (χ4n) is 1.41. The number of anilines is 2. The summed E-state index contributed by atoms with van der Waals surface area (Å²) in [6, 6.07) is 3.69. The average molecular weight is 210 g/mol. The van der Waals surface area contributed by atoms with Crippen molar-refractivity contribution in [3.05, 3.63) is 18.3 Å². The Kier molecular flexibility index (Phi) is 3.49. The van der Waals surface area contributed by atoms with E-state index in [1.54, 1.807) is 20.0 Å². The van der Waals surface area contributed by atoms with Gasteiger partial charge in [-0.05, 0) is 19.9 Å². The van der Waals surface area contributed by atoms with Gasteiger partial charge >= 0.3 is 0 Å². The van der Waals surface area contributed by atoms with E-state index >= 15 is 0 Å². The molecule has 0 aliphatic heterocycles. The van der Waals surface area contributed by atoms with E-state index in [2.05, 4.69) is 10.4 Å². The number of nitrogens with one attached hydrogen (secondary N) is 1. The van der Waals surface area contributed by atoms with Crippen molar-refractivity contribution in [1.82, 2.24) is 4.98 Å². The van der Waals surface area contributed by atoms with Crippen molar-refractivity contribution in [2.75, 3.05) is 23.9 Å². The minimum Gasteiger partial charge on any atom is -0.389 e. The van der Waals surface area contributed by atoms with Gasteiger partial charge < -0.3 is 15.4 Å². The van der Waals surface area contributed by atoms with E-state index in [1.807, 2.05) is 24.1 Å². The number of hydrazine groups is 1. The highest BCUT2D eigenvalue weighted by Crippen LogP contribution is 2.17. The average Bonchev–Trinajstić information content (AvgIpc) is 2.15. The van der Waals surface area contributed by atoms with Crippen molar-refractivity contribution >= 4 is 11.5 Å². The summed E-state index contributed by atoms with van der Waals surface area (Å²) in [5.41, 5.74) is 2.72. The van der Waals surface area contributed by atoms with Crippen LogP contribution in [0.3, 0.4) is 0 Å². The molecule has 15 heavy (non-hydrogen) atoms. The molecule has 0 aliphatic rings. The minimum absolute atomic E-state index is 0.543. The van der Waals surface area contributed by atoms with Gasteiger partial charge in [0.1, 0.15) is 5.82 Å². The number of nitrogens with zero attached hydrogens (tertiary/aromatic N) is 2. The third-order valence-corrected chi connectivity index (χ3v) is 1.96. The molecule has 5 nitrogen and oxygen atoms in total. The topological polar surface area (TPSA) is 74.4 Å². The highest BCUT2D eigenvalue weighted by atomic mass is 16.3. The summed E-state index contributed by atoms with van der Waals surface area (Å²) in [6.07, 6.45) is 1.67. The predicted octanol–water partition coefficient (Wildman–Crippen LogP) is 0.574. The molecule has 0 unspecified atom stereocenters. The molecule has 0 radical (unpaired) electrons. The van der Waals surface area contributed by atoms with Gasteiger partial charge in [-0.25, -0.2) is 10.8 Å². The molecule has 0 atom stereocenters. The number of likely N-dealkylation sites (N-methyl/N-ethyl adjacent to an activating group) is 1. The highest BCUT2D eigenvalue weighted by molar-refractivity contribution is 5.53. The van der Waals surface area contributed by atoms with Gasteiger partial charge in [0.25, 0.3) is 0 Å². The van der Waals surface area contributed by atoms with Crippen molar-refractivity contribution in [1.29, 1.82) is 0 Å². The number of pyridine rings is 1. The monoisotopic (exact) mass is 210 g/mol. The van der Waals surface area contributed by atoms with Crippen molar-refractivity contribution in [2.45, 2.75) is 19.4 Å². The fraction of sp³-hybridized carbons (Fsp3) is 0.500. The van der Waals surface area contributed by atoms with Crippen molar-refractivity contribution in [3.63, 3.8) is 0 Å². The molecule has 84 valence electrons. The standard InChI is InChI=1S/C10H18N4O/c1-10(2,15)7-14(3)8-4-5-12-9(6-8)13-11/h4-6,15H,7,11H2,1-3H3,(H,12,13). The molecule has 0 saturated heterocycles. The van der Waals surface area contributed by atoms with Gasteiger partial charge in [0, 0.05) is 31.5 Å². The SMILES string of the molecule is CN(CC(C)(C)O)c1ccnc(NN)c1. The van der Waals surface area contributed by atoms with Gasteiger partial charge in [-0.1, -0.05) is 0 Å². The number of aliphatic hydroxyl groups is 1. The van der Waals surface area contributed by atoms with Crippen LogP contribution in [0.25, 0.3) is 0 Å². The Morgan fingerprint density at radius 2 is 2.27 bits per heavy atom. The van der Waals surface area contributed by atoms with Crippen LogP contribution >= 0.6 is 0 Å². The molecule has 0 aromatic carbocycles. The van der Waals surface area contributed by atoms with Crippen LogP contribution in [0.4, 0.5) is 11.5 Å². The van der Waals surface area contributed by atoms with Crippen LogP contribution in [0.15, 0.2) is 18.3 Å². The van der Waals surface area contributed by atoms with E-state index in [9.17, 15) is 5.11 Å². The molecule has 0 saturated carbocycles. The number of nitrogen functional groups attached to an aromatic ring is 1. The van der Waals surface area contributed by atoms with Crippen LogP contribution in [0.2, 0.25) is 0 Å². The van der Waals surface area contributed by atoms with Crippen LogP contribution in [-0.2, 0) is 0 Å². The summed E-state index contributed by atoms with van der Waals surface area (Å²) >= 11 is 0. The van der Waals surface area contributed by atoms with E-state index in [4.69, 9.17) is 5.84 Å². The molecule has 1 rings (SSSR count). The Hall–Kier alpha value is -1.33. The maximum atomic E-state index is 9.68. The summed E-state index contributed by atoms with van der Waals surface area (Å²) in [4.78, 5) is 5.96. The second-order valence-electron chi connectivity index (χ2n) is 4.21. The third-order valence-electron chi connectivity index (χ3n) is 1.96. The summed E-state index contributed by atoms with van der Waals surface area (Å²) in [6.45, 7) is 4.08. The summed E-state index contributed by atoms with van der Waals surface area (Å²) in [7, 11) is 1.91. The molecule has 1 aromatic heterocycles. The van der Waals surface area contributed by atoms with Gasteiger partial charge in [0.2, 0.25) is 0 Å². The normalized spacial score (nSPS) is 11.3. The number of aromatic nitrogens is 1. The van der Waals surface area contributed by atoms with Crippen LogP contribution in [0, 0.1) is 0 Å². The zero-order valence-electron chi connectivity index (χ0n) is 9.36. The Morgan fingerprint density at radius 1 is 1.60 bits per heavy atom. The minimum atomic E-state index is -0.728. The maximum absolute atomic E-state index is 9.68. The van der Waals surface area contributed by atoms with Crippen LogP contribution in [-0.4, -0.2) is 29.3 Å². The molecule has 0 bridgehead atoms. The lowest BCUT2D eigenvalue weighted by molar-refractivity contribution is 0.0886. The lowest BCUT2D eigenvalue weighted by Crippen LogP contribution is -2.36. The molecular weight excluding hydrogens is 192 g/mol. The Bertz CT molecular complexity index is 321. The van der Waals surface area contributed by atoms with Crippen LogP contribution in [0.1, 0.15) is 13.8 Å². The number of rotatable bonds is 4. The molecule has 0 amide bonds. The van der Waals surface area contributed by atoms with Gasteiger partial charge in [0.15, 0.2) is 0 Å². The third kappa shape index (κ3) is 3.73. The molecule has 5 heteroatoms. The van der Waals surface area contributed by atoms with E-state index in [0.717, 1.165) is 5.69 Å². The second-order valence-corrected chi connectivity index (χ2v) is 4.21. The van der Waals surface area contributed by atoms with E-state index in [0.29, 0.717) is 12.4 Å². The first-order valence-corrected chi connectivity index (χ1v) is 4.78. The summed E-state index contributed by atoms with van der Waals surface area (Å²) < 4.78 is 0. The van der Waals surface area contributed by atoms with E-state index in [1.165, 1.54) is 0 Å². The Labute approximate surface area is 89.9 Å². The lowest BCUT2D eigenvalue weighted by atomic mass is 10.1. The molecule has 0 aliphatic carbocycles.